The van der Waals surface area contributed by atoms with Gasteiger partial charge in [-0.25, -0.2) is 0 Å². The lowest BCUT2D eigenvalue weighted by Crippen LogP contribution is -2.17. The maximum Gasteiger partial charge on any atom is 0.321 e. The summed E-state index contributed by atoms with van der Waals surface area (Å²) in [5.74, 6) is 0.780. The van der Waals surface area contributed by atoms with Crippen LogP contribution in [0.1, 0.15) is 38.8 Å². The molecule has 0 aliphatic carbocycles. The molecule has 0 amide bonds. The van der Waals surface area contributed by atoms with Crippen LogP contribution in [0.2, 0.25) is 0 Å². The van der Waals surface area contributed by atoms with Crippen LogP contribution in [0.25, 0.3) is 0 Å². The van der Waals surface area contributed by atoms with Gasteiger partial charge in [-0.15, -0.1) is 0 Å². The van der Waals surface area contributed by atoms with Gasteiger partial charge >= 0.3 is 11.7 Å². The lowest BCUT2D eigenvalue weighted by atomic mass is 9.84. The Hall–Kier alpha value is -4.27. The van der Waals surface area contributed by atoms with Crippen LogP contribution in [0, 0.1) is 27.2 Å². The normalized spacial score (nSPS) is 10.5. The summed E-state index contributed by atoms with van der Waals surface area (Å²) in [4.78, 5) is 32.1. The third-order valence-electron chi connectivity index (χ3n) is 4.64. The topological polar surface area (TPSA) is 122 Å². The Morgan fingerprint density at radius 3 is 1.68 bits per heavy atom. The largest absolute Gasteiger partial charge is 0.457 e. The molecule has 0 radical (unpaired) electrons. The Morgan fingerprint density at radius 2 is 1.32 bits per heavy atom. The van der Waals surface area contributed by atoms with Crippen molar-refractivity contribution in [2.24, 2.45) is 0 Å². The van der Waals surface area contributed by atoms with E-state index in [1.807, 2.05) is 60.7 Å². The molecule has 0 fully saturated rings. The summed E-state index contributed by atoms with van der Waals surface area (Å²) < 4.78 is 10.6. The Balaban J connectivity index is 0.000000266. The predicted octanol–water partition coefficient (Wildman–Crippen LogP) is 6.51. The summed E-state index contributed by atoms with van der Waals surface area (Å²) in [7, 11) is 0. The summed E-state index contributed by atoms with van der Waals surface area (Å²) in [5.41, 5.74) is -1.50. The molecule has 9 heteroatoms. The molecule has 0 spiro atoms. The number of esters is 1. The second-order valence-corrected chi connectivity index (χ2v) is 8.33. The minimum atomic E-state index is -0.768. The first-order chi connectivity index (χ1) is 15.9. The van der Waals surface area contributed by atoms with Gasteiger partial charge in [-0.1, -0.05) is 57.2 Å². The smallest absolute Gasteiger partial charge is 0.321 e. The van der Waals surface area contributed by atoms with E-state index in [0.29, 0.717) is 0 Å². The molecular weight excluding hydrogens is 440 g/mol. The SMILES string of the molecule is CC(=O)Oc1c(C(C)(C)C)cc([N+](=O)[O-])c(C)c1[N+](=O)[O-].c1ccc(Oc2ccccc2)cc1. The van der Waals surface area contributed by atoms with E-state index in [-0.39, 0.29) is 22.6 Å². The maximum atomic E-state index is 11.3. The first kappa shape index (κ1) is 26.0. The molecule has 0 atom stereocenters. The second kappa shape index (κ2) is 11.0. The Kier molecular flexibility index (Phi) is 8.44. The monoisotopic (exact) mass is 466 g/mol. The first-order valence-electron chi connectivity index (χ1n) is 10.3. The molecule has 0 saturated carbocycles. The van der Waals surface area contributed by atoms with Gasteiger partial charge in [0, 0.05) is 18.6 Å². The van der Waals surface area contributed by atoms with Crippen molar-refractivity contribution in [2.45, 2.75) is 40.0 Å². The van der Waals surface area contributed by atoms with Crippen molar-refractivity contribution in [1.82, 2.24) is 0 Å². The van der Waals surface area contributed by atoms with Crippen LogP contribution in [-0.2, 0) is 10.2 Å². The zero-order valence-electron chi connectivity index (χ0n) is 19.6. The Morgan fingerprint density at radius 1 is 0.853 bits per heavy atom. The number of ether oxygens (including phenoxy) is 2. The van der Waals surface area contributed by atoms with Gasteiger partial charge < -0.3 is 9.47 Å². The second-order valence-electron chi connectivity index (χ2n) is 8.33. The average molecular weight is 466 g/mol. The van der Waals surface area contributed by atoms with Gasteiger partial charge in [0.25, 0.3) is 5.69 Å². The summed E-state index contributed by atoms with van der Waals surface area (Å²) in [6.45, 7) is 7.54. The van der Waals surface area contributed by atoms with Crippen molar-refractivity contribution in [3.8, 4) is 17.2 Å². The summed E-state index contributed by atoms with van der Waals surface area (Å²) in [6, 6.07) is 20.7. The average Bonchev–Trinajstić information content (AvgIpc) is 2.74. The fourth-order valence-corrected chi connectivity index (χ4v) is 3.06. The van der Waals surface area contributed by atoms with Crippen molar-refractivity contribution >= 4 is 17.3 Å². The van der Waals surface area contributed by atoms with Crippen LogP contribution >= 0.6 is 0 Å². The molecule has 178 valence electrons. The highest BCUT2D eigenvalue weighted by Gasteiger charge is 2.35. The molecule has 0 aliphatic heterocycles. The van der Waals surface area contributed by atoms with Gasteiger partial charge in [-0.05, 0) is 36.6 Å². The Labute approximate surface area is 197 Å². The number of para-hydroxylation sites is 2. The molecule has 0 bridgehead atoms. The van der Waals surface area contributed by atoms with E-state index in [1.54, 1.807) is 20.8 Å². The van der Waals surface area contributed by atoms with Gasteiger partial charge in [0.1, 0.15) is 17.1 Å². The van der Waals surface area contributed by atoms with Crippen LogP contribution < -0.4 is 9.47 Å². The number of carbonyl (C=O) groups is 1. The minimum absolute atomic E-state index is 0.144. The van der Waals surface area contributed by atoms with Gasteiger partial charge in [-0.2, -0.15) is 0 Å². The predicted molar refractivity (Wildman–Crippen MR) is 127 cm³/mol. The highest BCUT2D eigenvalue weighted by atomic mass is 16.6. The molecule has 0 heterocycles. The highest BCUT2D eigenvalue weighted by molar-refractivity contribution is 5.75. The fraction of sp³-hybridized carbons (Fsp3) is 0.240. The van der Waals surface area contributed by atoms with Gasteiger partial charge in [0.05, 0.1) is 9.85 Å². The number of hydrogen-bond donors (Lipinski definition) is 0. The van der Waals surface area contributed by atoms with E-state index in [2.05, 4.69) is 0 Å². The molecule has 3 aromatic rings. The van der Waals surface area contributed by atoms with Crippen LogP contribution in [-0.4, -0.2) is 15.8 Å². The van der Waals surface area contributed by atoms with Crippen molar-refractivity contribution in [2.75, 3.05) is 0 Å². The molecule has 0 aliphatic rings. The molecular formula is C25H26N2O7. The number of carbonyl (C=O) groups excluding carboxylic acids is 1. The van der Waals surface area contributed by atoms with E-state index in [0.717, 1.165) is 18.4 Å². The molecule has 0 saturated heterocycles. The van der Waals surface area contributed by atoms with Gasteiger partial charge in [0.2, 0.25) is 5.75 Å². The molecule has 0 unspecified atom stereocenters. The van der Waals surface area contributed by atoms with Gasteiger partial charge in [0.15, 0.2) is 0 Å². The third-order valence-corrected chi connectivity index (χ3v) is 4.64. The molecule has 0 N–H and O–H groups in total. The summed E-state index contributed by atoms with van der Waals surface area (Å²) in [5, 5.41) is 22.4. The van der Waals surface area contributed by atoms with E-state index in [1.165, 1.54) is 13.0 Å². The standard InChI is InChI=1S/C13H16N2O6.C12H10O/c1-7-10(14(17)18)6-9(13(3,4)5)12(21-8(2)16)11(7)15(19)20;1-3-7-11(8-4-1)13-12-9-5-2-6-10-12/h6H,1-5H3;1-10H. The summed E-state index contributed by atoms with van der Waals surface area (Å²) >= 11 is 0. The highest BCUT2D eigenvalue weighted by Crippen LogP contribution is 2.44. The minimum Gasteiger partial charge on any atom is -0.457 e. The number of rotatable bonds is 5. The molecule has 3 aromatic carbocycles. The number of nitro benzene ring substituents is 2. The van der Waals surface area contributed by atoms with Crippen molar-refractivity contribution in [3.05, 3.63) is 98.1 Å². The summed E-state index contributed by atoms with van der Waals surface area (Å²) in [6.07, 6.45) is 0. The van der Waals surface area contributed by atoms with Crippen LogP contribution in [0.15, 0.2) is 66.7 Å². The van der Waals surface area contributed by atoms with E-state index < -0.39 is 26.9 Å². The number of benzene rings is 3. The number of nitrogens with zero attached hydrogens (tertiary/aromatic N) is 2. The maximum absolute atomic E-state index is 11.3. The van der Waals surface area contributed by atoms with Crippen molar-refractivity contribution < 1.29 is 24.1 Å². The lowest BCUT2D eigenvalue weighted by Gasteiger charge is -2.22. The molecule has 9 nitrogen and oxygen atoms in total. The third kappa shape index (κ3) is 6.86. The number of hydrogen-bond acceptors (Lipinski definition) is 7. The fourth-order valence-electron chi connectivity index (χ4n) is 3.06. The lowest BCUT2D eigenvalue weighted by molar-refractivity contribution is -0.395. The van der Waals surface area contributed by atoms with Crippen LogP contribution in [0.5, 0.6) is 17.2 Å². The zero-order valence-corrected chi connectivity index (χ0v) is 19.6. The quantitative estimate of drug-likeness (QED) is 0.182. The van der Waals surface area contributed by atoms with Crippen molar-refractivity contribution in [3.63, 3.8) is 0 Å². The van der Waals surface area contributed by atoms with Crippen molar-refractivity contribution in [1.29, 1.82) is 0 Å². The molecule has 34 heavy (non-hydrogen) atoms. The van der Waals surface area contributed by atoms with E-state index in [9.17, 15) is 25.0 Å². The van der Waals surface area contributed by atoms with Gasteiger partial charge in [-0.3, -0.25) is 25.0 Å². The van der Waals surface area contributed by atoms with E-state index >= 15 is 0 Å². The van der Waals surface area contributed by atoms with Crippen LogP contribution in [0.3, 0.4) is 0 Å². The van der Waals surface area contributed by atoms with Crippen LogP contribution in [0.4, 0.5) is 11.4 Å². The first-order valence-corrected chi connectivity index (χ1v) is 10.3. The molecule has 0 aromatic heterocycles. The zero-order chi connectivity index (χ0) is 25.5. The Bertz CT molecular complexity index is 1130. The molecule has 3 rings (SSSR count). The van der Waals surface area contributed by atoms with E-state index in [4.69, 9.17) is 9.47 Å². The number of nitro groups is 2.